The van der Waals surface area contributed by atoms with Crippen molar-refractivity contribution in [3.63, 3.8) is 0 Å². The number of hydrogen-bond acceptors (Lipinski definition) is 3. The molecule has 3 rings (SSSR count). The molecular formula is C27H36N2O3. The Labute approximate surface area is 192 Å². The predicted molar refractivity (Wildman–Crippen MR) is 128 cm³/mol. The summed E-state index contributed by atoms with van der Waals surface area (Å²) in [4.78, 5) is 28.0. The second-order valence-electron chi connectivity index (χ2n) is 9.08. The van der Waals surface area contributed by atoms with Gasteiger partial charge in [0.2, 0.25) is 5.91 Å². The van der Waals surface area contributed by atoms with Gasteiger partial charge in [-0.1, -0.05) is 49.6 Å². The van der Waals surface area contributed by atoms with Gasteiger partial charge in [-0.2, -0.15) is 0 Å². The van der Waals surface area contributed by atoms with Gasteiger partial charge in [0.1, 0.15) is 11.8 Å². The summed E-state index contributed by atoms with van der Waals surface area (Å²) in [6.07, 6.45) is 5.56. The van der Waals surface area contributed by atoms with Crippen molar-refractivity contribution in [3.05, 3.63) is 64.7 Å². The molecule has 2 aromatic rings. The van der Waals surface area contributed by atoms with E-state index in [1.807, 2.05) is 64.1 Å². The first-order valence-electron chi connectivity index (χ1n) is 11.7. The molecule has 1 aliphatic rings. The van der Waals surface area contributed by atoms with Crippen molar-refractivity contribution in [3.8, 4) is 5.75 Å². The normalized spacial score (nSPS) is 15.1. The molecule has 5 heteroatoms. The molecule has 2 amide bonds. The highest BCUT2D eigenvalue weighted by molar-refractivity contribution is 5.88. The molecule has 1 unspecified atom stereocenters. The number of ether oxygens (including phenoxy) is 1. The Balaban J connectivity index is 1.73. The van der Waals surface area contributed by atoms with Crippen LogP contribution in [0, 0.1) is 20.8 Å². The Hall–Kier alpha value is -2.82. The first kappa shape index (κ1) is 23.8. The van der Waals surface area contributed by atoms with Crippen molar-refractivity contribution in [2.45, 2.75) is 78.4 Å². The van der Waals surface area contributed by atoms with E-state index in [9.17, 15) is 9.59 Å². The Morgan fingerprint density at radius 3 is 2.34 bits per heavy atom. The van der Waals surface area contributed by atoms with Gasteiger partial charge in [-0.3, -0.25) is 9.59 Å². The van der Waals surface area contributed by atoms with E-state index in [-0.39, 0.29) is 24.5 Å². The van der Waals surface area contributed by atoms with Crippen molar-refractivity contribution < 1.29 is 14.3 Å². The maximum Gasteiger partial charge on any atom is 0.261 e. The van der Waals surface area contributed by atoms with Crippen LogP contribution in [-0.2, 0) is 16.1 Å². The van der Waals surface area contributed by atoms with E-state index in [1.54, 1.807) is 4.90 Å². The molecule has 1 N–H and O–H groups in total. The highest BCUT2D eigenvalue weighted by atomic mass is 16.5. The summed E-state index contributed by atoms with van der Waals surface area (Å²) >= 11 is 0. The molecule has 1 atom stereocenters. The number of amides is 2. The van der Waals surface area contributed by atoms with Gasteiger partial charge in [0, 0.05) is 12.6 Å². The van der Waals surface area contributed by atoms with Crippen molar-refractivity contribution >= 4 is 11.8 Å². The number of nitrogens with one attached hydrogen (secondary N) is 1. The number of nitrogens with zero attached hydrogens (tertiary/aromatic N) is 1. The molecular weight excluding hydrogens is 400 g/mol. The maximum atomic E-state index is 13.3. The molecule has 0 bridgehead atoms. The van der Waals surface area contributed by atoms with Gasteiger partial charge in [0.15, 0.2) is 6.61 Å². The summed E-state index contributed by atoms with van der Waals surface area (Å²) in [5, 5.41) is 3.17. The molecule has 0 heterocycles. The van der Waals surface area contributed by atoms with E-state index in [4.69, 9.17) is 4.74 Å². The number of rotatable bonds is 8. The van der Waals surface area contributed by atoms with Crippen molar-refractivity contribution in [2.75, 3.05) is 6.61 Å². The second kappa shape index (κ2) is 11.2. The molecule has 0 spiro atoms. The summed E-state index contributed by atoms with van der Waals surface area (Å²) in [5.74, 6) is 0.384. The smallest absolute Gasteiger partial charge is 0.261 e. The molecule has 172 valence electrons. The van der Waals surface area contributed by atoms with Gasteiger partial charge < -0.3 is 15.0 Å². The van der Waals surface area contributed by atoms with Crippen molar-refractivity contribution in [2.24, 2.45) is 0 Å². The first-order valence-corrected chi connectivity index (χ1v) is 11.7. The summed E-state index contributed by atoms with van der Waals surface area (Å²) < 4.78 is 5.84. The van der Waals surface area contributed by atoms with E-state index >= 15 is 0 Å². The summed E-state index contributed by atoms with van der Waals surface area (Å²) in [6.45, 7) is 8.12. The van der Waals surface area contributed by atoms with Gasteiger partial charge in [0.05, 0.1) is 0 Å². The molecule has 2 aromatic carbocycles. The molecule has 32 heavy (non-hydrogen) atoms. The van der Waals surface area contributed by atoms with Crippen LogP contribution in [0.3, 0.4) is 0 Å². The summed E-state index contributed by atoms with van der Waals surface area (Å²) in [6, 6.07) is 13.5. The minimum Gasteiger partial charge on any atom is -0.484 e. The van der Waals surface area contributed by atoms with Gasteiger partial charge in [0.25, 0.3) is 5.91 Å². The highest BCUT2D eigenvalue weighted by Crippen LogP contribution is 2.20. The molecule has 1 fully saturated rings. The van der Waals surface area contributed by atoms with E-state index in [0.717, 1.165) is 47.9 Å². The number of benzene rings is 2. The van der Waals surface area contributed by atoms with Crippen LogP contribution in [0.15, 0.2) is 42.5 Å². The van der Waals surface area contributed by atoms with Gasteiger partial charge in [-0.25, -0.2) is 0 Å². The molecule has 5 nitrogen and oxygen atoms in total. The SMILES string of the molecule is Cc1cc(C)cc(OCC(=O)N(Cc2ccccc2C)C(C)C(=O)NC2CCCCC2)c1. The van der Waals surface area contributed by atoms with Gasteiger partial charge in [-0.15, -0.1) is 0 Å². The minimum atomic E-state index is -0.577. The van der Waals surface area contributed by atoms with Crippen LogP contribution < -0.4 is 10.1 Å². The minimum absolute atomic E-state index is 0.0924. The largest absolute Gasteiger partial charge is 0.484 e. The lowest BCUT2D eigenvalue weighted by Crippen LogP contribution is -2.51. The molecule has 0 radical (unpaired) electrons. The molecule has 0 saturated heterocycles. The average molecular weight is 437 g/mol. The third-order valence-electron chi connectivity index (χ3n) is 6.28. The predicted octanol–water partition coefficient (Wildman–Crippen LogP) is 4.86. The number of carbonyl (C=O) groups excluding carboxylic acids is 2. The molecule has 1 aliphatic carbocycles. The number of carbonyl (C=O) groups is 2. The van der Waals surface area contributed by atoms with Crippen LogP contribution in [0.2, 0.25) is 0 Å². The standard InChI is InChI=1S/C27H36N2O3/c1-19-14-20(2)16-25(15-19)32-18-26(30)29(17-23-11-9-8-10-21(23)3)22(4)27(31)28-24-12-6-5-7-13-24/h8-11,14-16,22,24H,5-7,12-13,17-18H2,1-4H3,(H,28,31). The first-order chi connectivity index (χ1) is 15.3. The van der Waals surface area contributed by atoms with Gasteiger partial charge in [-0.05, 0) is 74.9 Å². The fourth-order valence-electron chi connectivity index (χ4n) is 4.37. The second-order valence-corrected chi connectivity index (χ2v) is 9.08. The van der Waals surface area contributed by atoms with Gasteiger partial charge >= 0.3 is 0 Å². The summed E-state index contributed by atoms with van der Waals surface area (Å²) in [5.41, 5.74) is 4.30. The van der Waals surface area contributed by atoms with Crippen LogP contribution in [0.25, 0.3) is 0 Å². The third kappa shape index (κ3) is 6.59. The third-order valence-corrected chi connectivity index (χ3v) is 6.28. The summed E-state index contributed by atoms with van der Waals surface area (Å²) in [7, 11) is 0. The average Bonchev–Trinajstić information content (AvgIpc) is 2.76. The lowest BCUT2D eigenvalue weighted by molar-refractivity contribution is -0.142. The lowest BCUT2D eigenvalue weighted by atomic mass is 9.95. The lowest BCUT2D eigenvalue weighted by Gasteiger charge is -2.31. The van der Waals surface area contributed by atoms with Crippen LogP contribution in [0.5, 0.6) is 5.75 Å². The molecule has 1 saturated carbocycles. The Morgan fingerprint density at radius 2 is 1.69 bits per heavy atom. The molecule has 0 aliphatic heterocycles. The Bertz CT molecular complexity index is 914. The number of aryl methyl sites for hydroxylation is 3. The van der Waals surface area contributed by atoms with Crippen LogP contribution in [0.1, 0.15) is 61.3 Å². The van der Waals surface area contributed by atoms with E-state index in [0.29, 0.717) is 12.3 Å². The van der Waals surface area contributed by atoms with Crippen LogP contribution >= 0.6 is 0 Å². The zero-order chi connectivity index (χ0) is 23.1. The quantitative estimate of drug-likeness (QED) is 0.643. The van der Waals surface area contributed by atoms with E-state index in [1.165, 1.54) is 6.42 Å². The van der Waals surface area contributed by atoms with Crippen molar-refractivity contribution in [1.82, 2.24) is 10.2 Å². The van der Waals surface area contributed by atoms with E-state index < -0.39 is 6.04 Å². The van der Waals surface area contributed by atoms with Crippen LogP contribution in [-0.4, -0.2) is 35.4 Å². The highest BCUT2D eigenvalue weighted by Gasteiger charge is 2.28. The zero-order valence-electron chi connectivity index (χ0n) is 19.8. The number of hydrogen-bond donors (Lipinski definition) is 1. The van der Waals surface area contributed by atoms with E-state index in [2.05, 4.69) is 11.4 Å². The zero-order valence-corrected chi connectivity index (χ0v) is 19.8. The monoisotopic (exact) mass is 436 g/mol. The Kier molecular flexibility index (Phi) is 8.32. The van der Waals surface area contributed by atoms with Crippen molar-refractivity contribution in [1.29, 1.82) is 0 Å². The maximum absolute atomic E-state index is 13.3. The van der Waals surface area contributed by atoms with Crippen LogP contribution in [0.4, 0.5) is 0 Å². The Morgan fingerprint density at radius 1 is 1.03 bits per heavy atom. The fourth-order valence-corrected chi connectivity index (χ4v) is 4.37. The molecule has 0 aromatic heterocycles. The fraction of sp³-hybridized carbons (Fsp3) is 0.481. The topological polar surface area (TPSA) is 58.6 Å².